The van der Waals surface area contributed by atoms with E-state index in [4.69, 9.17) is 9.47 Å². The van der Waals surface area contributed by atoms with Crippen LogP contribution in [0.2, 0.25) is 0 Å². The van der Waals surface area contributed by atoms with E-state index in [0.29, 0.717) is 18.8 Å². The first-order valence-corrected chi connectivity index (χ1v) is 6.25. The molecule has 3 nitrogen and oxygen atoms in total. The fourth-order valence-electron chi connectivity index (χ4n) is 2.12. The second kappa shape index (κ2) is 5.41. The van der Waals surface area contributed by atoms with Crippen LogP contribution >= 0.6 is 0 Å². The molecule has 3 heteroatoms. The van der Waals surface area contributed by atoms with Gasteiger partial charge in [0.2, 0.25) is 0 Å². The number of anilines is 1. The Hall–Kier alpha value is -1.22. The van der Waals surface area contributed by atoms with Crippen LogP contribution in [0.3, 0.4) is 0 Å². The third-order valence-electron chi connectivity index (χ3n) is 3.22. The van der Waals surface area contributed by atoms with Gasteiger partial charge in [0, 0.05) is 13.2 Å². The van der Waals surface area contributed by atoms with Gasteiger partial charge in [0.1, 0.15) is 5.75 Å². The Labute approximate surface area is 103 Å². The summed E-state index contributed by atoms with van der Waals surface area (Å²) in [5, 5.41) is 3.52. The summed E-state index contributed by atoms with van der Waals surface area (Å²) in [6.45, 7) is 4.79. The van der Waals surface area contributed by atoms with E-state index in [1.165, 1.54) is 5.56 Å². The summed E-state index contributed by atoms with van der Waals surface area (Å²) in [4.78, 5) is 0. The fourth-order valence-corrected chi connectivity index (χ4v) is 2.12. The Morgan fingerprint density at radius 1 is 1.35 bits per heavy atom. The second-order valence-corrected chi connectivity index (χ2v) is 4.60. The average molecular weight is 235 g/mol. The van der Waals surface area contributed by atoms with Crippen LogP contribution in [-0.4, -0.2) is 25.9 Å². The van der Waals surface area contributed by atoms with Gasteiger partial charge in [0.15, 0.2) is 0 Å². The molecule has 1 aromatic rings. The van der Waals surface area contributed by atoms with Gasteiger partial charge in [-0.3, -0.25) is 0 Å². The minimum absolute atomic E-state index is 0.425. The molecule has 0 aromatic heterocycles. The molecule has 1 saturated carbocycles. The lowest BCUT2D eigenvalue weighted by atomic mass is 9.89. The number of ether oxygens (including phenoxy) is 2. The molecule has 0 amide bonds. The summed E-state index contributed by atoms with van der Waals surface area (Å²) < 4.78 is 10.9. The fraction of sp³-hybridized carbons (Fsp3) is 0.571. The zero-order valence-electron chi connectivity index (χ0n) is 10.8. The van der Waals surface area contributed by atoms with Crippen LogP contribution in [-0.2, 0) is 4.74 Å². The maximum atomic E-state index is 5.65. The number of aryl methyl sites for hydroxylation is 1. The summed E-state index contributed by atoms with van der Waals surface area (Å²) in [5.41, 5.74) is 2.32. The van der Waals surface area contributed by atoms with E-state index in [2.05, 4.69) is 30.4 Å². The first kappa shape index (κ1) is 12.2. The standard InChI is InChI=1S/C14H21NO2/c1-4-17-14-7-10(2)5-6-13(14)15-11-8-12(9-11)16-3/h5-7,11-12,15H,4,8-9H2,1-3H3. The van der Waals surface area contributed by atoms with Gasteiger partial charge in [-0.1, -0.05) is 6.07 Å². The highest BCUT2D eigenvalue weighted by atomic mass is 16.5. The van der Waals surface area contributed by atoms with Gasteiger partial charge in [-0.25, -0.2) is 0 Å². The van der Waals surface area contributed by atoms with Crippen LogP contribution in [0.1, 0.15) is 25.3 Å². The van der Waals surface area contributed by atoms with Crippen LogP contribution in [0.5, 0.6) is 5.75 Å². The lowest BCUT2D eigenvalue weighted by molar-refractivity contribution is 0.0328. The van der Waals surface area contributed by atoms with E-state index in [1.807, 2.05) is 6.92 Å². The van der Waals surface area contributed by atoms with Crippen molar-refractivity contribution in [2.24, 2.45) is 0 Å². The van der Waals surface area contributed by atoms with Crippen molar-refractivity contribution in [3.8, 4) is 5.75 Å². The molecule has 0 aliphatic heterocycles. The van der Waals surface area contributed by atoms with Crippen molar-refractivity contribution in [1.29, 1.82) is 0 Å². The first-order chi connectivity index (χ1) is 8.22. The summed E-state index contributed by atoms with van der Waals surface area (Å²) >= 11 is 0. The van der Waals surface area contributed by atoms with Crippen LogP contribution < -0.4 is 10.1 Å². The molecular formula is C14H21NO2. The van der Waals surface area contributed by atoms with E-state index >= 15 is 0 Å². The van der Waals surface area contributed by atoms with Crippen molar-refractivity contribution in [2.45, 2.75) is 38.8 Å². The number of hydrogen-bond donors (Lipinski definition) is 1. The van der Waals surface area contributed by atoms with Gasteiger partial charge in [-0.05, 0) is 44.4 Å². The lowest BCUT2D eigenvalue weighted by Crippen LogP contribution is -2.40. The van der Waals surface area contributed by atoms with E-state index in [-0.39, 0.29) is 0 Å². The van der Waals surface area contributed by atoms with E-state index in [9.17, 15) is 0 Å². The molecule has 1 aromatic carbocycles. The zero-order valence-corrected chi connectivity index (χ0v) is 10.8. The Kier molecular flexibility index (Phi) is 3.89. The molecule has 0 bridgehead atoms. The van der Waals surface area contributed by atoms with Crippen LogP contribution in [0.4, 0.5) is 5.69 Å². The normalized spacial score (nSPS) is 23.0. The number of methoxy groups -OCH3 is 1. The van der Waals surface area contributed by atoms with Gasteiger partial charge in [-0.2, -0.15) is 0 Å². The second-order valence-electron chi connectivity index (χ2n) is 4.60. The third-order valence-corrected chi connectivity index (χ3v) is 3.22. The Morgan fingerprint density at radius 2 is 2.12 bits per heavy atom. The number of hydrogen-bond acceptors (Lipinski definition) is 3. The number of rotatable bonds is 5. The highest BCUT2D eigenvalue weighted by Gasteiger charge is 2.29. The maximum absolute atomic E-state index is 5.65. The van der Waals surface area contributed by atoms with Crippen LogP contribution in [0.15, 0.2) is 18.2 Å². The molecule has 0 spiro atoms. The maximum Gasteiger partial charge on any atom is 0.142 e. The molecule has 0 unspecified atom stereocenters. The van der Waals surface area contributed by atoms with Crippen molar-refractivity contribution in [3.63, 3.8) is 0 Å². The first-order valence-electron chi connectivity index (χ1n) is 6.25. The summed E-state index contributed by atoms with van der Waals surface area (Å²) in [5.74, 6) is 0.952. The van der Waals surface area contributed by atoms with E-state index in [0.717, 1.165) is 24.3 Å². The van der Waals surface area contributed by atoms with Gasteiger partial charge in [0.05, 0.1) is 18.4 Å². The molecule has 1 aliphatic rings. The van der Waals surface area contributed by atoms with E-state index < -0.39 is 0 Å². The molecule has 0 heterocycles. The van der Waals surface area contributed by atoms with Crippen LogP contribution in [0, 0.1) is 6.92 Å². The molecule has 2 rings (SSSR count). The quantitative estimate of drug-likeness (QED) is 0.851. The average Bonchev–Trinajstić information content (AvgIpc) is 2.25. The highest BCUT2D eigenvalue weighted by Crippen LogP contribution is 2.31. The van der Waals surface area contributed by atoms with E-state index in [1.54, 1.807) is 7.11 Å². The Morgan fingerprint density at radius 3 is 2.76 bits per heavy atom. The largest absolute Gasteiger partial charge is 0.492 e. The van der Waals surface area contributed by atoms with Gasteiger partial charge >= 0.3 is 0 Å². The SMILES string of the molecule is CCOc1cc(C)ccc1NC1CC(OC)C1. The minimum atomic E-state index is 0.425. The summed E-state index contributed by atoms with van der Waals surface area (Å²) in [6.07, 6.45) is 2.58. The van der Waals surface area contributed by atoms with Crippen molar-refractivity contribution in [1.82, 2.24) is 0 Å². The third kappa shape index (κ3) is 2.91. The lowest BCUT2D eigenvalue weighted by Gasteiger charge is -2.35. The molecule has 94 valence electrons. The topological polar surface area (TPSA) is 30.5 Å². The smallest absolute Gasteiger partial charge is 0.142 e. The van der Waals surface area contributed by atoms with Crippen molar-refractivity contribution in [2.75, 3.05) is 19.0 Å². The van der Waals surface area contributed by atoms with Gasteiger partial charge < -0.3 is 14.8 Å². The summed E-state index contributed by atoms with van der Waals surface area (Å²) in [7, 11) is 1.78. The molecule has 1 fully saturated rings. The molecule has 1 N–H and O–H groups in total. The molecule has 0 atom stereocenters. The monoisotopic (exact) mass is 235 g/mol. The predicted molar refractivity (Wildman–Crippen MR) is 69.8 cm³/mol. The highest BCUT2D eigenvalue weighted by molar-refractivity contribution is 5.58. The van der Waals surface area contributed by atoms with Crippen molar-refractivity contribution in [3.05, 3.63) is 23.8 Å². The molecule has 0 saturated heterocycles. The number of benzene rings is 1. The Balaban J connectivity index is 2.00. The zero-order chi connectivity index (χ0) is 12.3. The van der Waals surface area contributed by atoms with Gasteiger partial charge in [0.25, 0.3) is 0 Å². The Bertz CT molecular complexity index is 372. The number of nitrogens with one attached hydrogen (secondary N) is 1. The predicted octanol–water partition coefficient (Wildman–Crippen LogP) is 2.98. The van der Waals surface area contributed by atoms with Crippen LogP contribution in [0.25, 0.3) is 0 Å². The van der Waals surface area contributed by atoms with Crippen molar-refractivity contribution < 1.29 is 9.47 Å². The minimum Gasteiger partial charge on any atom is -0.492 e. The molecule has 0 radical (unpaired) electrons. The van der Waals surface area contributed by atoms with Gasteiger partial charge in [-0.15, -0.1) is 0 Å². The van der Waals surface area contributed by atoms with Crippen molar-refractivity contribution >= 4 is 5.69 Å². The molecular weight excluding hydrogens is 214 g/mol. The molecule has 1 aliphatic carbocycles. The molecule has 17 heavy (non-hydrogen) atoms. The summed E-state index contributed by atoms with van der Waals surface area (Å²) in [6, 6.07) is 6.80.